The van der Waals surface area contributed by atoms with E-state index >= 15 is 0 Å². The Kier molecular flexibility index (Phi) is 5.11. The molecule has 0 spiro atoms. The van der Waals surface area contributed by atoms with E-state index in [4.69, 9.17) is 0 Å². The summed E-state index contributed by atoms with van der Waals surface area (Å²) >= 11 is 0. The minimum Gasteiger partial charge on any atom is -0.435 e. The molecule has 0 N–H and O–H groups in total. The van der Waals surface area contributed by atoms with Gasteiger partial charge < -0.3 is 9.64 Å². The highest BCUT2D eigenvalue weighted by atomic mass is 19.3. The minimum atomic E-state index is -2.86. The van der Waals surface area contributed by atoms with Crippen LogP contribution in [-0.4, -0.2) is 41.7 Å². The molecule has 2 aromatic carbocycles. The van der Waals surface area contributed by atoms with Crippen LogP contribution in [0.5, 0.6) is 5.75 Å². The summed E-state index contributed by atoms with van der Waals surface area (Å²) in [6, 6.07) is 10.7. The molecule has 0 atom stereocenters. The second-order valence-electron chi connectivity index (χ2n) is 5.87. The SMILES string of the molecule is CN(C)/C=N\c1nn(Cc2ccc(OC(F)F)cc2)c2ccc(F)cc12. The van der Waals surface area contributed by atoms with Crippen LogP contribution in [0, 0.1) is 5.82 Å². The zero-order chi connectivity index (χ0) is 18.7. The van der Waals surface area contributed by atoms with E-state index in [-0.39, 0.29) is 11.6 Å². The van der Waals surface area contributed by atoms with Gasteiger partial charge >= 0.3 is 6.61 Å². The van der Waals surface area contributed by atoms with Crippen molar-refractivity contribution in [3.63, 3.8) is 0 Å². The molecule has 3 rings (SSSR count). The normalized spacial score (nSPS) is 11.6. The van der Waals surface area contributed by atoms with Gasteiger partial charge in [0.2, 0.25) is 0 Å². The summed E-state index contributed by atoms with van der Waals surface area (Å²) in [4.78, 5) is 6.04. The molecule has 5 nitrogen and oxygen atoms in total. The lowest BCUT2D eigenvalue weighted by molar-refractivity contribution is -0.0498. The Morgan fingerprint density at radius 1 is 1.19 bits per heavy atom. The Balaban J connectivity index is 1.92. The van der Waals surface area contributed by atoms with E-state index < -0.39 is 6.61 Å². The fourth-order valence-corrected chi connectivity index (χ4v) is 2.47. The standard InChI is InChI=1S/C18H17F3N4O/c1-24(2)11-22-17-15-9-13(19)5-8-16(15)25(23-17)10-12-3-6-14(7-4-12)26-18(20)21/h3-9,11,18H,10H2,1-2H3/b22-11-. The molecular weight excluding hydrogens is 345 g/mol. The van der Waals surface area contributed by atoms with Crippen LogP contribution in [-0.2, 0) is 6.54 Å². The molecule has 1 aromatic heterocycles. The van der Waals surface area contributed by atoms with Crippen LogP contribution >= 0.6 is 0 Å². The Labute approximate surface area is 148 Å². The Morgan fingerprint density at radius 3 is 2.58 bits per heavy atom. The molecule has 0 saturated heterocycles. The first-order valence-electron chi connectivity index (χ1n) is 7.83. The number of aromatic nitrogens is 2. The van der Waals surface area contributed by atoms with Crippen molar-refractivity contribution in [2.45, 2.75) is 13.2 Å². The molecule has 3 aromatic rings. The van der Waals surface area contributed by atoms with Gasteiger partial charge in [-0.1, -0.05) is 12.1 Å². The average molecular weight is 362 g/mol. The van der Waals surface area contributed by atoms with Gasteiger partial charge in [-0.2, -0.15) is 13.9 Å². The van der Waals surface area contributed by atoms with Crippen molar-refractivity contribution >= 4 is 23.1 Å². The first-order valence-corrected chi connectivity index (χ1v) is 7.83. The van der Waals surface area contributed by atoms with Crippen molar-refractivity contribution in [2.75, 3.05) is 14.1 Å². The highest BCUT2D eigenvalue weighted by Crippen LogP contribution is 2.27. The van der Waals surface area contributed by atoms with Gasteiger partial charge in [0, 0.05) is 19.5 Å². The van der Waals surface area contributed by atoms with Gasteiger partial charge in [-0.3, -0.25) is 4.68 Å². The summed E-state index contributed by atoms with van der Waals surface area (Å²) in [5.74, 6) is 0.130. The van der Waals surface area contributed by atoms with Crippen molar-refractivity contribution in [1.29, 1.82) is 0 Å². The fourth-order valence-electron chi connectivity index (χ4n) is 2.47. The predicted octanol–water partition coefficient (Wildman–Crippen LogP) is 4.05. The summed E-state index contributed by atoms with van der Waals surface area (Å²) in [5.41, 5.74) is 1.56. The molecule has 0 aliphatic carbocycles. The smallest absolute Gasteiger partial charge is 0.387 e. The molecule has 8 heteroatoms. The molecule has 136 valence electrons. The van der Waals surface area contributed by atoms with Gasteiger partial charge in [0.25, 0.3) is 0 Å². The molecular formula is C18H17F3N4O. The number of aliphatic imine (C=N–C) groups is 1. The number of benzene rings is 2. The lowest BCUT2D eigenvalue weighted by Crippen LogP contribution is -2.07. The number of hydrogen-bond acceptors (Lipinski definition) is 3. The quantitative estimate of drug-likeness (QED) is 0.491. The van der Waals surface area contributed by atoms with E-state index in [0.29, 0.717) is 17.7 Å². The second kappa shape index (κ2) is 7.47. The number of alkyl halides is 2. The molecule has 0 aliphatic rings. The summed E-state index contributed by atoms with van der Waals surface area (Å²) < 4.78 is 44.1. The predicted molar refractivity (Wildman–Crippen MR) is 93.7 cm³/mol. The number of fused-ring (bicyclic) bond motifs is 1. The second-order valence-corrected chi connectivity index (χ2v) is 5.87. The Morgan fingerprint density at radius 2 is 1.92 bits per heavy atom. The van der Waals surface area contributed by atoms with Crippen molar-refractivity contribution in [3.8, 4) is 5.75 Å². The lowest BCUT2D eigenvalue weighted by atomic mass is 10.2. The van der Waals surface area contributed by atoms with Crippen molar-refractivity contribution in [2.24, 2.45) is 4.99 Å². The summed E-state index contributed by atoms with van der Waals surface area (Å²) in [6.45, 7) is -2.47. The van der Waals surface area contributed by atoms with Crippen LogP contribution in [0.25, 0.3) is 10.9 Å². The van der Waals surface area contributed by atoms with Gasteiger partial charge in [-0.05, 0) is 35.9 Å². The zero-order valence-corrected chi connectivity index (χ0v) is 14.2. The van der Waals surface area contributed by atoms with E-state index in [1.54, 1.807) is 34.1 Å². The number of hydrogen-bond donors (Lipinski definition) is 0. The molecule has 0 unspecified atom stereocenters. The first-order chi connectivity index (χ1) is 12.4. The summed E-state index contributed by atoms with van der Waals surface area (Å²) in [5, 5.41) is 5.04. The van der Waals surface area contributed by atoms with E-state index in [0.717, 1.165) is 11.1 Å². The van der Waals surface area contributed by atoms with Crippen LogP contribution < -0.4 is 4.74 Å². The van der Waals surface area contributed by atoms with E-state index in [9.17, 15) is 13.2 Å². The zero-order valence-electron chi connectivity index (χ0n) is 14.2. The number of ether oxygens (including phenoxy) is 1. The first kappa shape index (κ1) is 17.8. The largest absolute Gasteiger partial charge is 0.435 e. The molecule has 1 heterocycles. The van der Waals surface area contributed by atoms with Crippen LogP contribution in [0.4, 0.5) is 19.0 Å². The van der Waals surface area contributed by atoms with Crippen molar-refractivity contribution < 1.29 is 17.9 Å². The van der Waals surface area contributed by atoms with Crippen molar-refractivity contribution in [1.82, 2.24) is 14.7 Å². The molecule has 0 radical (unpaired) electrons. The molecule has 0 fully saturated rings. The van der Waals surface area contributed by atoms with Gasteiger partial charge in [0.15, 0.2) is 5.82 Å². The van der Waals surface area contributed by atoms with Crippen LogP contribution in [0.1, 0.15) is 5.56 Å². The van der Waals surface area contributed by atoms with Crippen LogP contribution in [0.3, 0.4) is 0 Å². The van der Waals surface area contributed by atoms with E-state index in [2.05, 4.69) is 14.8 Å². The number of rotatable bonds is 6. The summed E-state index contributed by atoms with van der Waals surface area (Å²) in [7, 11) is 3.65. The maximum absolute atomic E-state index is 13.6. The molecule has 0 saturated carbocycles. The number of halogens is 3. The maximum atomic E-state index is 13.6. The Hall–Kier alpha value is -3.03. The summed E-state index contributed by atoms with van der Waals surface area (Å²) in [6.07, 6.45) is 1.59. The molecule has 0 bridgehead atoms. The van der Waals surface area contributed by atoms with Crippen LogP contribution in [0.2, 0.25) is 0 Å². The van der Waals surface area contributed by atoms with E-state index in [1.165, 1.54) is 24.3 Å². The fraction of sp³-hybridized carbons (Fsp3) is 0.222. The highest BCUT2D eigenvalue weighted by molar-refractivity contribution is 5.90. The lowest BCUT2D eigenvalue weighted by Gasteiger charge is -2.07. The van der Waals surface area contributed by atoms with Crippen molar-refractivity contribution in [3.05, 3.63) is 53.8 Å². The third-order valence-corrected chi connectivity index (χ3v) is 3.58. The van der Waals surface area contributed by atoms with Gasteiger partial charge in [-0.15, -0.1) is 0 Å². The molecule has 0 amide bonds. The van der Waals surface area contributed by atoms with E-state index in [1.807, 2.05) is 14.1 Å². The topological polar surface area (TPSA) is 42.7 Å². The highest BCUT2D eigenvalue weighted by Gasteiger charge is 2.12. The van der Waals surface area contributed by atoms with Crippen LogP contribution in [0.15, 0.2) is 47.5 Å². The minimum absolute atomic E-state index is 0.0902. The molecule has 0 aliphatic heterocycles. The van der Waals surface area contributed by atoms with Gasteiger partial charge in [0.05, 0.1) is 18.4 Å². The van der Waals surface area contributed by atoms with Gasteiger partial charge in [0.1, 0.15) is 11.6 Å². The third-order valence-electron chi connectivity index (χ3n) is 3.58. The maximum Gasteiger partial charge on any atom is 0.387 e. The monoisotopic (exact) mass is 362 g/mol. The van der Waals surface area contributed by atoms with Gasteiger partial charge in [-0.25, -0.2) is 9.38 Å². The third kappa shape index (κ3) is 4.14. The molecule has 26 heavy (non-hydrogen) atoms. The average Bonchev–Trinajstić information content (AvgIpc) is 2.91. The Bertz CT molecular complexity index is 920. The number of nitrogens with zero attached hydrogens (tertiary/aromatic N) is 4.